The number of sulfone groups is 1. The van der Waals surface area contributed by atoms with Gasteiger partial charge in [0.05, 0.1) is 24.5 Å². The van der Waals surface area contributed by atoms with Gasteiger partial charge in [-0.1, -0.05) is 11.6 Å². The molecule has 2 atom stereocenters. The molecule has 3 aromatic heterocycles. The van der Waals surface area contributed by atoms with E-state index in [0.29, 0.717) is 28.9 Å². The molecule has 0 radical (unpaired) electrons. The highest BCUT2D eigenvalue weighted by Crippen LogP contribution is 2.36. The highest BCUT2D eigenvalue weighted by Gasteiger charge is 2.36. The molecule has 35 heavy (non-hydrogen) atoms. The number of aromatic nitrogens is 7. The molecule has 0 bridgehead atoms. The van der Waals surface area contributed by atoms with Gasteiger partial charge >= 0.3 is 0 Å². The molecular formula is C21H26ClN7O5S. The summed E-state index contributed by atoms with van der Waals surface area (Å²) in [5.41, 5.74) is 0.348. The molecule has 1 aliphatic rings. The average molecular weight is 524 g/mol. The van der Waals surface area contributed by atoms with Crippen molar-refractivity contribution >= 4 is 21.4 Å². The van der Waals surface area contributed by atoms with Gasteiger partial charge in [-0.3, -0.25) is 4.57 Å². The van der Waals surface area contributed by atoms with E-state index in [4.69, 9.17) is 25.8 Å². The van der Waals surface area contributed by atoms with Gasteiger partial charge in [-0.25, -0.2) is 18.4 Å². The molecule has 1 saturated carbocycles. The van der Waals surface area contributed by atoms with E-state index in [1.165, 1.54) is 40.1 Å². The molecule has 0 amide bonds. The van der Waals surface area contributed by atoms with Crippen LogP contribution in [0.15, 0.2) is 18.7 Å². The Labute approximate surface area is 208 Å². The fourth-order valence-electron chi connectivity index (χ4n) is 3.73. The molecule has 0 unspecified atom stereocenters. The van der Waals surface area contributed by atoms with Gasteiger partial charge in [-0.2, -0.15) is 9.97 Å². The second-order valence-corrected chi connectivity index (χ2v) is 11.0. The summed E-state index contributed by atoms with van der Waals surface area (Å²) in [4.78, 5) is 16.6. The second-order valence-electron chi connectivity index (χ2n) is 8.18. The third kappa shape index (κ3) is 5.36. The Hall–Kier alpha value is -2.90. The van der Waals surface area contributed by atoms with Crippen LogP contribution in [-0.2, 0) is 26.7 Å². The zero-order valence-electron chi connectivity index (χ0n) is 19.8. The highest BCUT2D eigenvalue weighted by molar-refractivity contribution is 7.91. The van der Waals surface area contributed by atoms with E-state index < -0.39 is 26.9 Å². The van der Waals surface area contributed by atoms with Gasteiger partial charge in [0.2, 0.25) is 11.8 Å². The third-order valence-corrected chi connectivity index (χ3v) is 8.04. The highest BCUT2D eigenvalue weighted by atomic mass is 35.5. The van der Waals surface area contributed by atoms with Crippen molar-refractivity contribution < 1.29 is 22.6 Å². The predicted octanol–water partition coefficient (Wildman–Crippen LogP) is 2.16. The van der Waals surface area contributed by atoms with Gasteiger partial charge in [-0.15, -0.1) is 10.2 Å². The lowest BCUT2D eigenvalue weighted by Gasteiger charge is -2.22. The van der Waals surface area contributed by atoms with Crippen LogP contribution in [0.3, 0.4) is 0 Å². The Morgan fingerprint density at radius 3 is 2.17 bits per heavy atom. The maximum absolute atomic E-state index is 13.5. The third-order valence-electron chi connectivity index (χ3n) is 5.80. The first-order valence-electron chi connectivity index (χ1n) is 10.9. The van der Waals surface area contributed by atoms with Crippen LogP contribution in [0, 0.1) is 5.92 Å². The van der Waals surface area contributed by atoms with E-state index in [2.05, 4.69) is 30.1 Å². The Balaban J connectivity index is 1.74. The number of halogens is 1. The van der Waals surface area contributed by atoms with Crippen molar-refractivity contribution in [2.24, 2.45) is 5.92 Å². The van der Waals surface area contributed by atoms with Gasteiger partial charge < -0.3 is 14.2 Å². The van der Waals surface area contributed by atoms with E-state index >= 15 is 0 Å². The van der Waals surface area contributed by atoms with Crippen LogP contribution in [-0.4, -0.2) is 69.7 Å². The van der Waals surface area contributed by atoms with Gasteiger partial charge in [-0.05, 0) is 25.7 Å². The van der Waals surface area contributed by atoms with Crippen molar-refractivity contribution in [1.29, 1.82) is 0 Å². The lowest BCUT2D eigenvalue weighted by atomic mass is 10.2. The van der Waals surface area contributed by atoms with Crippen molar-refractivity contribution in [3.8, 4) is 17.4 Å². The molecule has 1 fully saturated rings. The minimum Gasteiger partial charge on any atom is -0.479 e. The first-order valence-corrected chi connectivity index (χ1v) is 13.0. The van der Waals surface area contributed by atoms with Crippen molar-refractivity contribution in [3.05, 3.63) is 41.2 Å². The Morgan fingerprint density at radius 1 is 1.03 bits per heavy atom. The van der Waals surface area contributed by atoms with Crippen molar-refractivity contribution in [2.75, 3.05) is 21.3 Å². The molecule has 188 valence electrons. The smallest absolute Gasteiger partial charge is 0.245 e. The van der Waals surface area contributed by atoms with E-state index in [-0.39, 0.29) is 23.4 Å². The number of hydrogen-bond acceptors (Lipinski definition) is 11. The molecule has 14 heteroatoms. The van der Waals surface area contributed by atoms with Crippen LogP contribution in [0.4, 0.5) is 0 Å². The molecule has 3 heterocycles. The summed E-state index contributed by atoms with van der Waals surface area (Å²) < 4.78 is 45.0. The van der Waals surface area contributed by atoms with Gasteiger partial charge in [0.25, 0.3) is 0 Å². The molecule has 0 aromatic carbocycles. The largest absolute Gasteiger partial charge is 0.479 e. The minimum absolute atomic E-state index is 0.186. The van der Waals surface area contributed by atoms with Gasteiger partial charge in [0, 0.05) is 25.9 Å². The molecular weight excluding hydrogens is 498 g/mol. The van der Waals surface area contributed by atoms with Gasteiger partial charge in [0.15, 0.2) is 27.2 Å². The minimum atomic E-state index is -3.84. The lowest BCUT2D eigenvalue weighted by Crippen LogP contribution is -2.30. The van der Waals surface area contributed by atoms with E-state index in [9.17, 15) is 8.42 Å². The van der Waals surface area contributed by atoms with Crippen molar-refractivity contribution in [1.82, 2.24) is 34.7 Å². The summed E-state index contributed by atoms with van der Waals surface area (Å²) in [6, 6.07) is 0. The second kappa shape index (κ2) is 10.4. The van der Waals surface area contributed by atoms with E-state index in [1.807, 2.05) is 0 Å². The van der Waals surface area contributed by atoms with Crippen LogP contribution >= 0.6 is 11.6 Å². The number of hydrogen-bond donors (Lipinski definition) is 0. The first-order chi connectivity index (χ1) is 16.8. The summed E-state index contributed by atoms with van der Waals surface area (Å²) in [6.07, 6.45) is 5.96. The lowest BCUT2D eigenvalue weighted by molar-refractivity contribution is 0.0948. The number of methoxy groups -OCH3 is 3. The van der Waals surface area contributed by atoms with Crippen molar-refractivity contribution in [2.45, 2.75) is 43.3 Å². The molecule has 0 N–H and O–H groups in total. The molecule has 0 spiro atoms. The molecule has 4 rings (SSSR count). The predicted molar refractivity (Wildman–Crippen MR) is 125 cm³/mol. The Morgan fingerprint density at radius 2 is 1.63 bits per heavy atom. The van der Waals surface area contributed by atoms with Crippen molar-refractivity contribution in [3.63, 3.8) is 0 Å². The number of rotatable bonds is 11. The number of nitrogens with zero attached hydrogens (tertiary/aromatic N) is 7. The van der Waals surface area contributed by atoms with Crippen LogP contribution in [0.5, 0.6) is 11.8 Å². The van der Waals surface area contributed by atoms with E-state index in [1.54, 1.807) is 11.5 Å². The average Bonchev–Trinajstić information content (AvgIpc) is 3.59. The normalized spacial score (nSPS) is 15.6. The standard InChI is InChI=1S/C21H26ClN7O5S/c1-12(18(32-2)19-23-8-14(22)9-24-19)35(30,31)10-16-28-27-15(7-13-5-6-13)29(16)17-20(33-3)25-11-26-21(17)34-4/h8-9,11-13,18H,5-7,10H2,1-4H3/t12-,18-/m0/s1. The van der Waals surface area contributed by atoms with E-state index in [0.717, 1.165) is 12.8 Å². The van der Waals surface area contributed by atoms with Crippen LogP contribution in [0.1, 0.15) is 43.3 Å². The van der Waals surface area contributed by atoms with Crippen LogP contribution in [0.25, 0.3) is 5.69 Å². The van der Waals surface area contributed by atoms with Gasteiger partial charge in [0.1, 0.15) is 24.0 Å². The Bertz CT molecular complexity index is 1260. The zero-order valence-corrected chi connectivity index (χ0v) is 21.3. The maximum atomic E-state index is 13.5. The number of ether oxygens (including phenoxy) is 3. The topological polar surface area (TPSA) is 144 Å². The maximum Gasteiger partial charge on any atom is 0.245 e. The Kier molecular flexibility index (Phi) is 7.47. The fourth-order valence-corrected chi connectivity index (χ4v) is 5.25. The molecule has 0 saturated heterocycles. The summed E-state index contributed by atoms with van der Waals surface area (Å²) in [5, 5.41) is 7.89. The summed E-state index contributed by atoms with van der Waals surface area (Å²) >= 11 is 5.87. The first kappa shape index (κ1) is 25.2. The fraction of sp³-hybridized carbons (Fsp3) is 0.524. The molecule has 0 aliphatic heterocycles. The monoisotopic (exact) mass is 523 g/mol. The molecule has 12 nitrogen and oxygen atoms in total. The quantitative estimate of drug-likeness (QED) is 0.364. The summed E-state index contributed by atoms with van der Waals surface area (Å²) in [7, 11) is 0.493. The van der Waals surface area contributed by atoms with Crippen LogP contribution < -0.4 is 9.47 Å². The summed E-state index contributed by atoms with van der Waals surface area (Å²) in [6.45, 7) is 1.54. The molecule has 1 aliphatic carbocycles. The SMILES string of the molecule is COc1ncnc(OC)c1-n1c(CC2CC2)nnc1CS(=O)(=O)[C@@H](C)[C@H](OC)c1ncc(Cl)cn1. The summed E-state index contributed by atoms with van der Waals surface area (Å²) in [5.74, 6) is 1.44. The zero-order chi connectivity index (χ0) is 25.2. The van der Waals surface area contributed by atoms with Crippen LogP contribution in [0.2, 0.25) is 5.02 Å². The molecule has 3 aromatic rings.